The van der Waals surface area contributed by atoms with Gasteiger partial charge in [0.1, 0.15) is 11.4 Å². The topological polar surface area (TPSA) is 70.5 Å². The van der Waals surface area contributed by atoms with E-state index in [9.17, 15) is 4.79 Å². The van der Waals surface area contributed by atoms with Gasteiger partial charge >= 0.3 is 0 Å². The molecule has 3 aromatic rings. The van der Waals surface area contributed by atoms with Gasteiger partial charge in [0.05, 0.1) is 31.5 Å². The van der Waals surface area contributed by atoms with Crippen molar-refractivity contribution in [2.24, 2.45) is 0 Å². The van der Waals surface area contributed by atoms with E-state index in [1.807, 2.05) is 59.6 Å². The van der Waals surface area contributed by atoms with E-state index in [4.69, 9.17) is 23.2 Å². The van der Waals surface area contributed by atoms with Gasteiger partial charge in [-0.05, 0) is 36.1 Å². The third-order valence-electron chi connectivity index (χ3n) is 5.38. The summed E-state index contributed by atoms with van der Waals surface area (Å²) >= 11 is 14.1. The van der Waals surface area contributed by atoms with Crippen molar-refractivity contribution in [1.29, 1.82) is 0 Å². The molecule has 0 aliphatic carbocycles. The van der Waals surface area contributed by atoms with Gasteiger partial charge in [-0.15, -0.1) is 11.3 Å². The fourth-order valence-corrected chi connectivity index (χ4v) is 5.10. The van der Waals surface area contributed by atoms with E-state index in [1.165, 1.54) is 28.4 Å². The minimum absolute atomic E-state index is 0.256. The molecule has 2 aliphatic rings. The lowest BCUT2D eigenvalue weighted by Crippen LogP contribution is -2.16. The van der Waals surface area contributed by atoms with Gasteiger partial charge in [-0.25, -0.2) is 4.68 Å². The number of thiophene rings is 1. The van der Waals surface area contributed by atoms with Crippen LogP contribution in [0.15, 0.2) is 83.7 Å². The zero-order valence-corrected chi connectivity index (χ0v) is 20.3. The van der Waals surface area contributed by atoms with Crippen LogP contribution < -0.4 is 5.56 Å². The molecule has 0 radical (unpaired) electrons. The Balaban J connectivity index is 1.58. The van der Waals surface area contributed by atoms with E-state index in [1.54, 1.807) is 10.9 Å². The maximum atomic E-state index is 13.4. The number of aromatic nitrogens is 6. The second kappa shape index (κ2) is 9.06. The van der Waals surface area contributed by atoms with E-state index < -0.39 is 0 Å². The normalized spacial score (nSPS) is 12.4. The maximum Gasteiger partial charge on any atom is 0.282 e. The zero-order chi connectivity index (χ0) is 23.8. The molecule has 7 nitrogen and oxygen atoms in total. The zero-order valence-electron chi connectivity index (χ0n) is 18.0. The molecule has 2 aliphatic heterocycles. The predicted molar refractivity (Wildman–Crippen MR) is 138 cm³/mol. The van der Waals surface area contributed by atoms with Gasteiger partial charge in [0.25, 0.3) is 5.56 Å². The summed E-state index contributed by atoms with van der Waals surface area (Å²) in [5, 5.41) is 11.3. The number of rotatable bonds is 6. The average Bonchev–Trinajstić information content (AvgIpc) is 3.58. The second-order valence-electron chi connectivity index (χ2n) is 7.46. The van der Waals surface area contributed by atoms with Crippen LogP contribution >= 0.6 is 34.5 Å². The van der Waals surface area contributed by atoms with Crippen molar-refractivity contribution in [2.45, 2.75) is 13.5 Å². The first-order valence-electron chi connectivity index (χ1n) is 10.3. The molecule has 0 aromatic carbocycles. The molecule has 0 fully saturated rings. The van der Waals surface area contributed by atoms with E-state index >= 15 is 0 Å². The molecule has 34 heavy (non-hydrogen) atoms. The van der Waals surface area contributed by atoms with Crippen LogP contribution in [0, 0.1) is 0 Å². The van der Waals surface area contributed by atoms with E-state index in [0.29, 0.717) is 23.5 Å². The summed E-state index contributed by atoms with van der Waals surface area (Å²) in [6, 6.07) is 3.87. The number of pyridine rings is 2. The fourth-order valence-electron chi connectivity index (χ4n) is 3.67. The van der Waals surface area contributed by atoms with Gasteiger partial charge in [0.2, 0.25) is 0 Å². The summed E-state index contributed by atoms with van der Waals surface area (Å²) in [5.41, 5.74) is 3.90. The molecule has 0 saturated carbocycles. The van der Waals surface area contributed by atoms with Gasteiger partial charge in [0.15, 0.2) is 0 Å². The molecular weight excluding hydrogens is 491 g/mol. The molecule has 10 heteroatoms. The van der Waals surface area contributed by atoms with Crippen molar-refractivity contribution in [3.05, 3.63) is 99.3 Å². The van der Waals surface area contributed by atoms with E-state index in [-0.39, 0.29) is 15.6 Å². The quantitative estimate of drug-likeness (QED) is 0.266. The van der Waals surface area contributed by atoms with Crippen molar-refractivity contribution in [3.8, 4) is 16.9 Å². The lowest BCUT2D eigenvalue weighted by Gasteiger charge is -2.12. The SMILES string of the molecule is C=C(/C=C\C(=C/C)Cn1cc2c(=O)n(-c3c(Cl)cncc3Cl)nc-2c2sccc21)n1cccn1. The van der Waals surface area contributed by atoms with Gasteiger partial charge < -0.3 is 4.57 Å². The Kier molecular flexibility index (Phi) is 5.95. The van der Waals surface area contributed by atoms with Gasteiger partial charge in [-0.2, -0.15) is 14.9 Å². The third-order valence-corrected chi connectivity index (χ3v) is 6.85. The molecule has 5 heterocycles. The molecule has 0 N–H and O–H groups in total. The van der Waals surface area contributed by atoms with Crippen molar-refractivity contribution in [1.82, 2.24) is 29.1 Å². The van der Waals surface area contributed by atoms with Crippen molar-refractivity contribution >= 4 is 50.5 Å². The van der Waals surface area contributed by atoms with Gasteiger partial charge in [-0.3, -0.25) is 9.78 Å². The fraction of sp³-hybridized carbons (Fsp3) is 0.0833. The number of hydrogen-bond donors (Lipinski definition) is 0. The summed E-state index contributed by atoms with van der Waals surface area (Å²) < 4.78 is 5.92. The second-order valence-corrected chi connectivity index (χ2v) is 9.19. The van der Waals surface area contributed by atoms with Gasteiger partial charge in [0, 0.05) is 37.5 Å². The van der Waals surface area contributed by atoms with Crippen LogP contribution in [-0.4, -0.2) is 29.1 Å². The minimum Gasteiger partial charge on any atom is -0.341 e. The van der Waals surface area contributed by atoms with E-state index in [2.05, 4.69) is 21.8 Å². The number of allylic oxidation sites excluding steroid dienone is 5. The largest absolute Gasteiger partial charge is 0.341 e. The summed E-state index contributed by atoms with van der Waals surface area (Å²) in [6.07, 6.45) is 14.2. The molecule has 0 amide bonds. The Morgan fingerprint density at radius 3 is 2.74 bits per heavy atom. The highest BCUT2D eigenvalue weighted by Gasteiger charge is 2.24. The Morgan fingerprint density at radius 1 is 1.24 bits per heavy atom. The number of halogens is 2. The Morgan fingerprint density at radius 2 is 2.03 bits per heavy atom. The minimum atomic E-state index is -0.293. The molecular formula is C24H18Cl2N6OS. The lowest BCUT2D eigenvalue weighted by atomic mass is 10.1. The average molecular weight is 509 g/mol. The van der Waals surface area contributed by atoms with Crippen molar-refractivity contribution in [3.63, 3.8) is 0 Å². The Labute approximate surface area is 208 Å². The van der Waals surface area contributed by atoms with Crippen LogP contribution in [0.2, 0.25) is 10.0 Å². The Hall–Kier alpha value is -3.46. The number of nitrogens with zero attached hydrogens (tertiary/aromatic N) is 6. The van der Waals surface area contributed by atoms with Crippen LogP contribution in [0.25, 0.3) is 32.9 Å². The highest BCUT2D eigenvalue weighted by molar-refractivity contribution is 7.17. The standard InChI is InChI=1S/C24H18Cl2N6OS/c1-3-16(6-5-15(2)31-9-4-8-28-31)13-30-14-17-21(23-20(30)7-10-34-23)29-32(24(17)33)22-18(25)11-27-12-19(22)26/h3-12,14H,2,13H2,1H3/b6-5-,16-3+. The highest BCUT2D eigenvalue weighted by Crippen LogP contribution is 2.34. The summed E-state index contributed by atoms with van der Waals surface area (Å²) in [5.74, 6) is 0. The molecule has 0 atom stereocenters. The summed E-state index contributed by atoms with van der Waals surface area (Å²) in [6.45, 7) is 6.59. The first kappa shape index (κ1) is 22.3. The van der Waals surface area contributed by atoms with Crippen LogP contribution in [0.4, 0.5) is 0 Å². The lowest BCUT2D eigenvalue weighted by molar-refractivity contribution is 0.826. The van der Waals surface area contributed by atoms with Crippen molar-refractivity contribution < 1.29 is 0 Å². The molecule has 170 valence electrons. The highest BCUT2D eigenvalue weighted by atomic mass is 35.5. The number of fused-ring (bicyclic) bond motifs is 3. The first-order chi connectivity index (χ1) is 16.5. The predicted octanol–water partition coefficient (Wildman–Crippen LogP) is 5.93. The third kappa shape index (κ3) is 3.90. The first-order valence-corrected chi connectivity index (χ1v) is 11.9. The monoisotopic (exact) mass is 508 g/mol. The molecule has 3 aromatic heterocycles. The molecule has 5 rings (SSSR count). The van der Waals surface area contributed by atoms with Crippen LogP contribution in [-0.2, 0) is 6.54 Å². The van der Waals surface area contributed by atoms with E-state index in [0.717, 1.165) is 21.5 Å². The molecule has 0 unspecified atom stereocenters. The summed E-state index contributed by atoms with van der Waals surface area (Å²) in [7, 11) is 0. The molecule has 0 spiro atoms. The Bertz CT molecular complexity index is 1590. The van der Waals surface area contributed by atoms with Gasteiger partial charge in [-0.1, -0.05) is 41.9 Å². The van der Waals surface area contributed by atoms with Crippen LogP contribution in [0.3, 0.4) is 0 Å². The smallest absolute Gasteiger partial charge is 0.282 e. The van der Waals surface area contributed by atoms with Crippen LogP contribution in [0.5, 0.6) is 0 Å². The maximum absolute atomic E-state index is 13.4. The molecule has 0 saturated heterocycles. The number of hydrogen-bond acceptors (Lipinski definition) is 5. The van der Waals surface area contributed by atoms with Crippen molar-refractivity contribution in [2.75, 3.05) is 0 Å². The molecule has 0 bridgehead atoms. The van der Waals surface area contributed by atoms with Crippen LogP contribution in [0.1, 0.15) is 6.92 Å². The summed E-state index contributed by atoms with van der Waals surface area (Å²) in [4.78, 5) is 17.3.